The lowest BCUT2D eigenvalue weighted by Gasteiger charge is -2.03. The molecule has 0 saturated carbocycles. The van der Waals surface area contributed by atoms with E-state index in [2.05, 4.69) is 35.9 Å². The van der Waals surface area contributed by atoms with Crippen LogP contribution in [-0.4, -0.2) is 4.83 Å². The van der Waals surface area contributed by atoms with E-state index in [1.165, 1.54) is 12.0 Å². The average molecular weight is 175 g/mol. The Labute approximate surface area is 59.1 Å². The van der Waals surface area contributed by atoms with Crippen LogP contribution in [0.25, 0.3) is 0 Å². The fourth-order valence-corrected chi connectivity index (χ4v) is 1.76. The smallest absolute Gasteiger partial charge is 0.0356 e. The number of hydrogen-bond donors (Lipinski definition) is 0. The molecule has 0 radical (unpaired) electrons. The van der Waals surface area contributed by atoms with Gasteiger partial charge in [0.1, 0.15) is 0 Å². The van der Waals surface area contributed by atoms with Gasteiger partial charge in [-0.3, -0.25) is 0 Å². The Balaban J connectivity index is 2.56. The highest BCUT2D eigenvalue weighted by atomic mass is 79.9. The van der Waals surface area contributed by atoms with E-state index in [9.17, 15) is 0 Å². The number of rotatable bonds is 0. The van der Waals surface area contributed by atoms with E-state index in [0.29, 0.717) is 4.83 Å². The number of hydrogen-bond acceptors (Lipinski definition) is 0. The van der Waals surface area contributed by atoms with Crippen LogP contribution in [0.5, 0.6) is 0 Å². The standard InChI is InChI=1S/C7H11Br/c1-5-3-6(2)7(8)4-5/h4,6-7H,3H2,1-2H3/t6-,7+/m0/s1. The van der Waals surface area contributed by atoms with Crippen LogP contribution >= 0.6 is 15.9 Å². The van der Waals surface area contributed by atoms with Gasteiger partial charge in [0.2, 0.25) is 0 Å². The molecule has 0 saturated heterocycles. The predicted molar refractivity (Wildman–Crippen MR) is 40.3 cm³/mol. The summed E-state index contributed by atoms with van der Waals surface area (Å²) in [6.07, 6.45) is 3.57. The van der Waals surface area contributed by atoms with Crippen molar-refractivity contribution in [2.45, 2.75) is 25.1 Å². The van der Waals surface area contributed by atoms with Crippen LogP contribution in [0.4, 0.5) is 0 Å². The Hall–Kier alpha value is 0.220. The van der Waals surface area contributed by atoms with Crippen molar-refractivity contribution in [1.29, 1.82) is 0 Å². The topological polar surface area (TPSA) is 0 Å². The van der Waals surface area contributed by atoms with Gasteiger partial charge in [-0.25, -0.2) is 0 Å². The first-order valence-corrected chi connectivity index (χ1v) is 3.93. The van der Waals surface area contributed by atoms with Gasteiger partial charge in [0.05, 0.1) is 0 Å². The molecular formula is C7H11Br. The highest BCUT2D eigenvalue weighted by Crippen LogP contribution is 2.29. The summed E-state index contributed by atoms with van der Waals surface area (Å²) in [5.74, 6) is 0.815. The molecule has 1 aliphatic rings. The lowest BCUT2D eigenvalue weighted by atomic mass is 10.1. The molecule has 46 valence electrons. The fraction of sp³-hybridized carbons (Fsp3) is 0.714. The van der Waals surface area contributed by atoms with Gasteiger partial charge in [-0.15, -0.1) is 0 Å². The summed E-state index contributed by atoms with van der Waals surface area (Å²) < 4.78 is 0. The van der Waals surface area contributed by atoms with Gasteiger partial charge in [-0.2, -0.15) is 0 Å². The van der Waals surface area contributed by atoms with E-state index in [4.69, 9.17) is 0 Å². The maximum absolute atomic E-state index is 3.57. The van der Waals surface area contributed by atoms with Crippen LogP contribution in [0.15, 0.2) is 11.6 Å². The molecule has 1 heteroatoms. The van der Waals surface area contributed by atoms with E-state index < -0.39 is 0 Å². The lowest BCUT2D eigenvalue weighted by Crippen LogP contribution is -1.99. The molecule has 0 nitrogen and oxygen atoms in total. The molecule has 8 heavy (non-hydrogen) atoms. The molecule has 0 aromatic rings. The van der Waals surface area contributed by atoms with E-state index in [1.807, 2.05) is 0 Å². The van der Waals surface area contributed by atoms with Crippen molar-refractivity contribution >= 4 is 15.9 Å². The Morgan fingerprint density at radius 3 is 2.50 bits per heavy atom. The number of alkyl halides is 1. The van der Waals surface area contributed by atoms with Gasteiger partial charge in [-0.1, -0.05) is 34.5 Å². The van der Waals surface area contributed by atoms with Crippen molar-refractivity contribution in [2.24, 2.45) is 5.92 Å². The molecule has 2 atom stereocenters. The van der Waals surface area contributed by atoms with Crippen LogP contribution in [0.1, 0.15) is 20.3 Å². The second-order valence-electron chi connectivity index (χ2n) is 2.64. The van der Waals surface area contributed by atoms with E-state index in [0.717, 1.165) is 5.92 Å². The average Bonchev–Trinajstić information content (AvgIpc) is 1.85. The molecule has 1 rings (SSSR count). The van der Waals surface area contributed by atoms with Gasteiger partial charge in [0, 0.05) is 4.83 Å². The quantitative estimate of drug-likeness (QED) is 0.392. The third-order valence-corrected chi connectivity index (χ3v) is 2.80. The molecule has 0 spiro atoms. The van der Waals surface area contributed by atoms with Crippen LogP contribution in [0.2, 0.25) is 0 Å². The van der Waals surface area contributed by atoms with Crippen LogP contribution in [0, 0.1) is 5.92 Å². The molecule has 1 aliphatic carbocycles. The summed E-state index contributed by atoms with van der Waals surface area (Å²) >= 11 is 3.57. The molecule has 0 bridgehead atoms. The largest absolute Gasteiger partial charge is 0.0842 e. The van der Waals surface area contributed by atoms with Crippen molar-refractivity contribution in [3.8, 4) is 0 Å². The van der Waals surface area contributed by atoms with Crippen LogP contribution < -0.4 is 0 Å². The van der Waals surface area contributed by atoms with Crippen molar-refractivity contribution in [1.82, 2.24) is 0 Å². The third kappa shape index (κ3) is 1.13. The van der Waals surface area contributed by atoms with Crippen molar-refractivity contribution in [3.63, 3.8) is 0 Å². The number of halogens is 1. The summed E-state index contributed by atoms with van der Waals surface area (Å²) in [6.45, 7) is 4.46. The first-order valence-electron chi connectivity index (χ1n) is 3.01. The SMILES string of the molecule is CC1=C[C@@H](Br)[C@@H](C)C1. The molecule has 0 aromatic carbocycles. The molecule has 0 heterocycles. The lowest BCUT2D eigenvalue weighted by molar-refractivity contribution is 0.645. The normalized spacial score (nSPS) is 37.6. The summed E-state index contributed by atoms with van der Waals surface area (Å²) in [5, 5.41) is 0. The van der Waals surface area contributed by atoms with Gasteiger partial charge >= 0.3 is 0 Å². The van der Waals surface area contributed by atoms with Gasteiger partial charge < -0.3 is 0 Å². The predicted octanol–water partition coefficient (Wildman–Crippen LogP) is 2.74. The fourth-order valence-electron chi connectivity index (χ4n) is 1.12. The minimum Gasteiger partial charge on any atom is -0.0842 e. The van der Waals surface area contributed by atoms with E-state index >= 15 is 0 Å². The highest BCUT2D eigenvalue weighted by molar-refractivity contribution is 9.09. The molecule has 0 aromatic heterocycles. The van der Waals surface area contributed by atoms with Gasteiger partial charge in [0.25, 0.3) is 0 Å². The van der Waals surface area contributed by atoms with E-state index in [1.54, 1.807) is 0 Å². The zero-order chi connectivity index (χ0) is 6.15. The summed E-state index contributed by atoms with van der Waals surface area (Å²) in [4.78, 5) is 0.641. The Bertz CT molecular complexity index is 116. The Morgan fingerprint density at radius 2 is 2.38 bits per heavy atom. The summed E-state index contributed by atoms with van der Waals surface area (Å²) in [7, 11) is 0. The summed E-state index contributed by atoms with van der Waals surface area (Å²) in [5.41, 5.74) is 1.53. The van der Waals surface area contributed by atoms with Crippen LogP contribution in [0.3, 0.4) is 0 Å². The zero-order valence-electron chi connectivity index (χ0n) is 5.32. The molecule has 0 amide bonds. The summed E-state index contributed by atoms with van der Waals surface area (Å²) in [6, 6.07) is 0. The second kappa shape index (κ2) is 2.22. The van der Waals surface area contributed by atoms with Crippen molar-refractivity contribution < 1.29 is 0 Å². The van der Waals surface area contributed by atoms with Gasteiger partial charge in [-0.05, 0) is 19.3 Å². The number of allylic oxidation sites excluding steroid dienone is 2. The molecule has 0 fully saturated rings. The maximum atomic E-state index is 3.57. The Morgan fingerprint density at radius 1 is 1.75 bits per heavy atom. The highest BCUT2D eigenvalue weighted by Gasteiger charge is 2.17. The minimum atomic E-state index is 0.641. The Kier molecular flexibility index (Phi) is 1.76. The van der Waals surface area contributed by atoms with Crippen molar-refractivity contribution in [2.75, 3.05) is 0 Å². The van der Waals surface area contributed by atoms with Crippen LogP contribution in [-0.2, 0) is 0 Å². The molecule has 0 unspecified atom stereocenters. The second-order valence-corrected chi connectivity index (χ2v) is 3.70. The first kappa shape index (κ1) is 6.34. The molecular weight excluding hydrogens is 164 g/mol. The molecule has 0 aliphatic heterocycles. The molecule has 0 N–H and O–H groups in total. The maximum Gasteiger partial charge on any atom is 0.0356 e. The minimum absolute atomic E-state index is 0.641. The third-order valence-electron chi connectivity index (χ3n) is 1.63. The van der Waals surface area contributed by atoms with Crippen molar-refractivity contribution in [3.05, 3.63) is 11.6 Å². The monoisotopic (exact) mass is 174 g/mol. The van der Waals surface area contributed by atoms with E-state index in [-0.39, 0.29) is 0 Å². The first-order chi connectivity index (χ1) is 3.70. The zero-order valence-corrected chi connectivity index (χ0v) is 6.90. The van der Waals surface area contributed by atoms with Gasteiger partial charge in [0.15, 0.2) is 0 Å².